The van der Waals surface area contributed by atoms with Gasteiger partial charge in [-0.3, -0.25) is 4.79 Å². The first kappa shape index (κ1) is 16.9. The van der Waals surface area contributed by atoms with Crippen LogP contribution in [0.25, 0.3) is 5.57 Å². The summed E-state index contributed by atoms with van der Waals surface area (Å²) in [4.78, 5) is 25.7. The zero-order valence-corrected chi connectivity index (χ0v) is 13.7. The average Bonchev–Trinajstić information content (AvgIpc) is 2.66. The van der Waals surface area contributed by atoms with Gasteiger partial charge in [0.25, 0.3) is 5.91 Å². The third-order valence-electron chi connectivity index (χ3n) is 4.09. The summed E-state index contributed by atoms with van der Waals surface area (Å²) in [6.45, 7) is 0.724. The van der Waals surface area contributed by atoms with Crippen LogP contribution < -0.4 is 0 Å². The van der Waals surface area contributed by atoms with Crippen molar-refractivity contribution in [3.63, 3.8) is 0 Å². The van der Waals surface area contributed by atoms with Crippen LogP contribution in [0.4, 0.5) is 4.39 Å². The van der Waals surface area contributed by atoms with Crippen LogP contribution in [0.1, 0.15) is 22.3 Å². The monoisotopic (exact) mass is 339 g/mol. The topological polar surface area (TPSA) is 46.6 Å². The Kier molecular flexibility index (Phi) is 5.23. The molecule has 0 fully saturated rings. The van der Waals surface area contributed by atoms with Crippen molar-refractivity contribution in [2.24, 2.45) is 0 Å². The van der Waals surface area contributed by atoms with E-state index in [2.05, 4.69) is 0 Å². The molecule has 2 aromatic rings. The Morgan fingerprint density at radius 3 is 2.56 bits per heavy atom. The van der Waals surface area contributed by atoms with E-state index in [1.807, 2.05) is 36.4 Å². The van der Waals surface area contributed by atoms with E-state index >= 15 is 0 Å². The van der Waals surface area contributed by atoms with E-state index in [0.717, 1.165) is 18.1 Å². The fourth-order valence-electron chi connectivity index (χ4n) is 2.73. The van der Waals surface area contributed by atoms with E-state index in [0.29, 0.717) is 13.1 Å². The lowest BCUT2D eigenvalue weighted by Crippen LogP contribution is -2.37. The predicted molar refractivity (Wildman–Crippen MR) is 92.3 cm³/mol. The predicted octanol–water partition coefficient (Wildman–Crippen LogP) is 3.30. The molecule has 0 atom stereocenters. The summed E-state index contributed by atoms with van der Waals surface area (Å²) in [6, 6.07) is 15.2. The van der Waals surface area contributed by atoms with Gasteiger partial charge in [0.05, 0.1) is 5.56 Å². The van der Waals surface area contributed by atoms with E-state index in [1.54, 1.807) is 4.90 Å². The highest BCUT2D eigenvalue weighted by atomic mass is 19.1. The zero-order chi connectivity index (χ0) is 17.6. The number of benzene rings is 2. The molecule has 2 aromatic carbocycles. The smallest absolute Gasteiger partial charge is 0.338 e. The molecule has 0 N–H and O–H groups in total. The van der Waals surface area contributed by atoms with Crippen molar-refractivity contribution in [1.29, 1.82) is 0 Å². The lowest BCUT2D eigenvalue weighted by Gasteiger charge is -2.26. The van der Waals surface area contributed by atoms with Gasteiger partial charge in [-0.25, -0.2) is 9.18 Å². The van der Waals surface area contributed by atoms with Crippen LogP contribution in [-0.4, -0.2) is 36.5 Å². The number of amides is 1. The maximum atomic E-state index is 13.1. The Morgan fingerprint density at radius 2 is 1.88 bits per heavy atom. The molecule has 1 aliphatic heterocycles. The molecule has 0 saturated carbocycles. The highest BCUT2D eigenvalue weighted by Crippen LogP contribution is 2.22. The molecule has 0 spiro atoms. The number of ether oxygens (including phenoxy) is 1. The van der Waals surface area contributed by atoms with Crippen molar-refractivity contribution in [2.75, 3.05) is 19.7 Å². The van der Waals surface area contributed by atoms with Gasteiger partial charge >= 0.3 is 5.97 Å². The van der Waals surface area contributed by atoms with Crippen molar-refractivity contribution in [3.8, 4) is 0 Å². The quantitative estimate of drug-likeness (QED) is 0.803. The van der Waals surface area contributed by atoms with Crippen molar-refractivity contribution in [1.82, 2.24) is 4.90 Å². The Labute approximate surface area is 145 Å². The standard InChI is InChI=1S/C20H18FNO3/c21-18-8-4-7-17(13-18)20(24)25-14-19(23)22-11-9-16(10-12-22)15-5-2-1-3-6-15/h1-9,13H,10-12,14H2. The molecular formula is C20H18FNO3. The normalized spacial score (nSPS) is 14.0. The van der Waals surface area contributed by atoms with Crippen LogP contribution >= 0.6 is 0 Å². The van der Waals surface area contributed by atoms with Crippen LogP contribution in [0.15, 0.2) is 60.7 Å². The van der Waals surface area contributed by atoms with E-state index < -0.39 is 11.8 Å². The third kappa shape index (κ3) is 4.32. The highest BCUT2D eigenvalue weighted by Gasteiger charge is 2.19. The van der Waals surface area contributed by atoms with Crippen molar-refractivity contribution in [2.45, 2.75) is 6.42 Å². The summed E-state index contributed by atoms with van der Waals surface area (Å²) in [5.74, 6) is -1.48. The van der Waals surface area contributed by atoms with Crippen LogP contribution in [-0.2, 0) is 9.53 Å². The zero-order valence-electron chi connectivity index (χ0n) is 13.7. The first-order chi connectivity index (χ1) is 12.1. The fraction of sp³-hybridized carbons (Fsp3) is 0.200. The van der Waals surface area contributed by atoms with Crippen LogP contribution in [0.2, 0.25) is 0 Å². The molecule has 1 heterocycles. The summed E-state index contributed by atoms with van der Waals surface area (Å²) >= 11 is 0. The number of hydrogen-bond acceptors (Lipinski definition) is 3. The minimum absolute atomic E-state index is 0.0951. The minimum atomic E-state index is -0.703. The molecule has 0 aliphatic carbocycles. The molecule has 0 unspecified atom stereocenters. The summed E-state index contributed by atoms with van der Waals surface area (Å²) in [5.41, 5.74) is 2.46. The largest absolute Gasteiger partial charge is 0.452 e. The molecule has 3 rings (SSSR count). The fourth-order valence-corrected chi connectivity index (χ4v) is 2.73. The number of esters is 1. The minimum Gasteiger partial charge on any atom is -0.452 e. The van der Waals surface area contributed by atoms with Crippen LogP contribution in [0.5, 0.6) is 0 Å². The molecule has 0 aromatic heterocycles. The average molecular weight is 339 g/mol. The number of nitrogens with zero attached hydrogens (tertiary/aromatic N) is 1. The molecule has 1 amide bonds. The summed E-state index contributed by atoms with van der Waals surface area (Å²) < 4.78 is 18.1. The molecule has 1 aliphatic rings. The molecule has 4 nitrogen and oxygen atoms in total. The lowest BCUT2D eigenvalue weighted by molar-refractivity contribution is -0.134. The van der Waals surface area contributed by atoms with Crippen LogP contribution in [0.3, 0.4) is 0 Å². The Morgan fingerprint density at radius 1 is 1.08 bits per heavy atom. The van der Waals surface area contributed by atoms with Crippen molar-refractivity contribution >= 4 is 17.4 Å². The first-order valence-electron chi connectivity index (χ1n) is 8.08. The maximum Gasteiger partial charge on any atom is 0.338 e. The Hall–Kier alpha value is -2.95. The SMILES string of the molecule is O=C(OCC(=O)N1CC=C(c2ccccc2)CC1)c1cccc(F)c1. The van der Waals surface area contributed by atoms with Gasteiger partial charge in [0, 0.05) is 13.1 Å². The lowest BCUT2D eigenvalue weighted by atomic mass is 10.00. The maximum absolute atomic E-state index is 13.1. The van der Waals surface area contributed by atoms with Gasteiger partial charge in [0.2, 0.25) is 0 Å². The Balaban J connectivity index is 1.53. The number of carbonyl (C=O) groups excluding carboxylic acids is 2. The molecule has 5 heteroatoms. The van der Waals surface area contributed by atoms with Gasteiger partial charge < -0.3 is 9.64 Å². The second-order valence-corrected chi connectivity index (χ2v) is 5.77. The summed E-state index contributed by atoms with van der Waals surface area (Å²) in [5, 5.41) is 0. The Bertz CT molecular complexity index is 802. The third-order valence-corrected chi connectivity index (χ3v) is 4.09. The molecular weight excluding hydrogens is 321 g/mol. The first-order valence-corrected chi connectivity index (χ1v) is 8.08. The van der Waals surface area contributed by atoms with Gasteiger partial charge in [0.15, 0.2) is 6.61 Å². The van der Waals surface area contributed by atoms with Crippen molar-refractivity contribution in [3.05, 3.63) is 77.6 Å². The molecule has 25 heavy (non-hydrogen) atoms. The molecule has 0 radical (unpaired) electrons. The van der Waals surface area contributed by atoms with E-state index in [-0.39, 0.29) is 18.1 Å². The molecule has 0 bridgehead atoms. The van der Waals surface area contributed by atoms with Gasteiger partial charge in [-0.15, -0.1) is 0 Å². The highest BCUT2D eigenvalue weighted by molar-refractivity contribution is 5.91. The van der Waals surface area contributed by atoms with Gasteiger partial charge in [0.1, 0.15) is 5.82 Å². The molecule has 0 saturated heterocycles. The molecule has 128 valence electrons. The van der Waals surface area contributed by atoms with E-state index in [1.165, 1.54) is 23.8 Å². The number of carbonyl (C=O) groups is 2. The number of halogens is 1. The summed E-state index contributed by atoms with van der Waals surface area (Å²) in [7, 11) is 0. The van der Waals surface area contributed by atoms with E-state index in [9.17, 15) is 14.0 Å². The number of hydrogen-bond donors (Lipinski definition) is 0. The van der Waals surface area contributed by atoms with Crippen molar-refractivity contribution < 1.29 is 18.7 Å². The van der Waals surface area contributed by atoms with Gasteiger partial charge in [-0.1, -0.05) is 42.5 Å². The number of rotatable bonds is 4. The summed E-state index contributed by atoms with van der Waals surface area (Å²) in [6.07, 6.45) is 2.78. The van der Waals surface area contributed by atoms with Crippen LogP contribution in [0, 0.1) is 5.82 Å². The van der Waals surface area contributed by atoms with Gasteiger partial charge in [-0.05, 0) is 35.8 Å². The second kappa shape index (κ2) is 7.75. The van der Waals surface area contributed by atoms with Gasteiger partial charge in [-0.2, -0.15) is 0 Å². The van der Waals surface area contributed by atoms with E-state index in [4.69, 9.17) is 4.74 Å². The second-order valence-electron chi connectivity index (χ2n) is 5.77.